The van der Waals surface area contributed by atoms with Crippen LogP contribution in [0.5, 0.6) is 11.6 Å². The number of para-hydroxylation sites is 1. The molecule has 2 bridgehead atoms. The molecule has 0 saturated carbocycles. The number of nitrogens with one attached hydrogen (secondary N) is 1. The molecule has 1 aliphatic rings. The predicted octanol–water partition coefficient (Wildman–Crippen LogP) is 3.94. The van der Waals surface area contributed by atoms with Crippen LogP contribution < -0.4 is 9.47 Å². The first-order chi connectivity index (χ1) is 15.9. The number of ether oxygens (including phenoxy) is 2. The Morgan fingerprint density at radius 2 is 1.97 bits per heavy atom. The first-order valence-corrected chi connectivity index (χ1v) is 13.0. The molecule has 2 aromatic carbocycles. The number of hydrogen-bond acceptors (Lipinski definition) is 6. The Labute approximate surface area is 192 Å². The second-order valence-electron chi connectivity index (χ2n) is 8.55. The van der Waals surface area contributed by atoms with E-state index in [-0.39, 0.29) is 11.8 Å². The fourth-order valence-corrected chi connectivity index (χ4v) is 4.89. The molecule has 0 aliphatic carbocycles. The second-order valence-corrected chi connectivity index (χ2v) is 10.7. The molecule has 2 aromatic heterocycles. The average Bonchev–Trinajstić information content (AvgIpc) is 3.36. The van der Waals surface area contributed by atoms with Gasteiger partial charge in [0.25, 0.3) is 0 Å². The van der Waals surface area contributed by atoms with Crippen LogP contribution in [0, 0.1) is 0 Å². The van der Waals surface area contributed by atoms with E-state index in [0.717, 1.165) is 45.5 Å². The Bertz CT molecular complexity index is 1410. The zero-order chi connectivity index (χ0) is 23.0. The molecular weight excluding hydrogens is 440 g/mol. The summed E-state index contributed by atoms with van der Waals surface area (Å²) in [6.45, 7) is 3.04. The van der Waals surface area contributed by atoms with Gasteiger partial charge in [-0.3, -0.25) is 5.10 Å². The van der Waals surface area contributed by atoms with Crippen LogP contribution in [0.4, 0.5) is 0 Å². The molecule has 1 unspecified atom stereocenters. The molecule has 3 heterocycles. The Morgan fingerprint density at radius 1 is 1.15 bits per heavy atom. The van der Waals surface area contributed by atoms with Gasteiger partial charge in [-0.1, -0.05) is 31.2 Å². The zero-order valence-electron chi connectivity index (χ0n) is 18.6. The monoisotopic (exact) mass is 466 g/mol. The van der Waals surface area contributed by atoms with Crippen LogP contribution in [0.2, 0.25) is 0 Å². The molecular formula is C24H26N4O4S. The summed E-state index contributed by atoms with van der Waals surface area (Å²) >= 11 is 0. The Hall–Kier alpha value is -3.33. The van der Waals surface area contributed by atoms with Crippen molar-refractivity contribution in [1.82, 2.24) is 20.0 Å². The SMILES string of the molecule is CC1Cc2ccccc2OCCCOc2c(cnn2CS(C)(=O)=O)-c2ccc3n[nH]c1c3c2. The van der Waals surface area contributed by atoms with E-state index in [2.05, 4.69) is 34.4 Å². The quantitative estimate of drug-likeness (QED) is 0.481. The van der Waals surface area contributed by atoms with Gasteiger partial charge in [-0.25, -0.2) is 13.1 Å². The van der Waals surface area contributed by atoms with E-state index in [1.807, 2.05) is 30.3 Å². The fraction of sp³-hybridized carbons (Fsp3) is 0.333. The minimum Gasteiger partial charge on any atom is -0.493 e. The summed E-state index contributed by atoms with van der Waals surface area (Å²) in [5, 5.41) is 13.1. The summed E-state index contributed by atoms with van der Waals surface area (Å²) in [5.41, 5.74) is 4.72. The molecule has 1 aliphatic heterocycles. The molecule has 0 fully saturated rings. The number of aromatic nitrogens is 4. The maximum Gasteiger partial charge on any atom is 0.220 e. The molecule has 0 spiro atoms. The van der Waals surface area contributed by atoms with Crippen molar-refractivity contribution in [3.05, 3.63) is 59.9 Å². The molecule has 0 radical (unpaired) electrons. The summed E-state index contributed by atoms with van der Waals surface area (Å²) in [5.74, 6) is 1.24. The maximum absolute atomic E-state index is 11.9. The highest BCUT2D eigenvalue weighted by Crippen LogP contribution is 2.35. The van der Waals surface area contributed by atoms with Crippen molar-refractivity contribution in [2.45, 2.75) is 31.6 Å². The van der Waals surface area contributed by atoms with E-state index in [4.69, 9.17) is 9.47 Å². The average molecular weight is 467 g/mol. The minimum absolute atomic E-state index is 0.184. The number of hydrogen-bond donors (Lipinski definition) is 1. The number of aromatic amines is 1. The van der Waals surface area contributed by atoms with E-state index in [9.17, 15) is 8.42 Å². The number of benzene rings is 2. The van der Waals surface area contributed by atoms with Gasteiger partial charge < -0.3 is 9.47 Å². The van der Waals surface area contributed by atoms with Gasteiger partial charge in [0.2, 0.25) is 5.88 Å². The van der Waals surface area contributed by atoms with Crippen molar-refractivity contribution in [3.8, 4) is 22.8 Å². The molecule has 1 atom stereocenters. The first kappa shape index (κ1) is 21.5. The Morgan fingerprint density at radius 3 is 2.82 bits per heavy atom. The highest BCUT2D eigenvalue weighted by molar-refractivity contribution is 7.89. The van der Waals surface area contributed by atoms with Gasteiger partial charge in [-0.15, -0.1) is 0 Å². The molecule has 5 rings (SSSR count). The summed E-state index contributed by atoms with van der Waals surface area (Å²) in [6, 6.07) is 14.1. The van der Waals surface area contributed by atoms with Gasteiger partial charge in [0.1, 0.15) is 11.6 Å². The van der Waals surface area contributed by atoms with Crippen molar-refractivity contribution < 1.29 is 17.9 Å². The Balaban J connectivity index is 1.62. The lowest BCUT2D eigenvalue weighted by atomic mass is 9.94. The third-order valence-corrected chi connectivity index (χ3v) is 6.53. The van der Waals surface area contributed by atoms with Crippen LogP contribution >= 0.6 is 0 Å². The summed E-state index contributed by atoms with van der Waals surface area (Å²) in [6.07, 6.45) is 4.31. The molecule has 8 nitrogen and oxygen atoms in total. The van der Waals surface area contributed by atoms with E-state index < -0.39 is 9.84 Å². The molecule has 4 aromatic rings. The summed E-state index contributed by atoms with van der Waals surface area (Å²) in [7, 11) is -3.30. The number of H-pyrrole nitrogens is 1. The fourth-order valence-electron chi connectivity index (χ4n) is 4.27. The standard InChI is InChI=1S/C24H26N4O4S/c1-16-12-18-6-3-4-7-22(18)31-10-5-11-32-24-20(14-25-28(24)15-33(2,29)30)17-8-9-21-19(13-17)23(16)27-26-21/h3-4,6-9,13-14,16H,5,10-12,15H2,1-2H3,(H,26,27). The van der Waals surface area contributed by atoms with E-state index in [1.165, 1.54) is 10.9 Å². The topological polar surface area (TPSA) is 99.1 Å². The van der Waals surface area contributed by atoms with Crippen molar-refractivity contribution in [1.29, 1.82) is 0 Å². The highest BCUT2D eigenvalue weighted by atomic mass is 32.2. The van der Waals surface area contributed by atoms with Crippen molar-refractivity contribution in [3.63, 3.8) is 0 Å². The van der Waals surface area contributed by atoms with E-state index in [1.54, 1.807) is 6.20 Å². The second kappa shape index (κ2) is 8.55. The minimum atomic E-state index is -3.30. The van der Waals surface area contributed by atoms with E-state index in [0.29, 0.717) is 25.5 Å². The molecule has 1 N–H and O–H groups in total. The van der Waals surface area contributed by atoms with Gasteiger partial charge in [0, 0.05) is 29.7 Å². The van der Waals surface area contributed by atoms with Crippen LogP contribution in [-0.2, 0) is 22.1 Å². The van der Waals surface area contributed by atoms with Gasteiger partial charge >= 0.3 is 0 Å². The van der Waals surface area contributed by atoms with Crippen LogP contribution in [0.3, 0.4) is 0 Å². The first-order valence-electron chi connectivity index (χ1n) is 10.9. The third kappa shape index (κ3) is 4.45. The molecule has 0 amide bonds. The summed E-state index contributed by atoms with van der Waals surface area (Å²) < 4.78 is 37.4. The molecule has 33 heavy (non-hydrogen) atoms. The smallest absolute Gasteiger partial charge is 0.220 e. The van der Waals surface area contributed by atoms with Crippen LogP contribution in [0.1, 0.15) is 30.5 Å². The zero-order valence-corrected chi connectivity index (χ0v) is 19.4. The van der Waals surface area contributed by atoms with Crippen LogP contribution in [0.25, 0.3) is 22.0 Å². The van der Waals surface area contributed by atoms with E-state index >= 15 is 0 Å². The van der Waals surface area contributed by atoms with Gasteiger partial charge in [0.05, 0.1) is 30.5 Å². The molecule has 0 saturated heterocycles. The lowest BCUT2D eigenvalue weighted by molar-refractivity contribution is 0.234. The van der Waals surface area contributed by atoms with Crippen molar-refractivity contribution in [2.24, 2.45) is 0 Å². The predicted molar refractivity (Wildman–Crippen MR) is 126 cm³/mol. The number of nitrogens with zero attached hydrogens (tertiary/aromatic N) is 3. The van der Waals surface area contributed by atoms with Gasteiger partial charge in [-0.05, 0) is 35.7 Å². The van der Waals surface area contributed by atoms with Crippen LogP contribution in [0.15, 0.2) is 48.7 Å². The number of sulfone groups is 1. The normalized spacial score (nSPS) is 16.8. The number of rotatable bonds is 2. The summed E-state index contributed by atoms with van der Waals surface area (Å²) in [4.78, 5) is 0. The number of fused-ring (bicyclic) bond motifs is 4. The Kier molecular flexibility index (Phi) is 5.57. The third-order valence-electron chi connectivity index (χ3n) is 5.82. The lowest BCUT2D eigenvalue weighted by Crippen LogP contribution is -2.14. The molecule has 172 valence electrons. The largest absolute Gasteiger partial charge is 0.493 e. The lowest BCUT2D eigenvalue weighted by Gasteiger charge is -2.15. The van der Waals surface area contributed by atoms with Crippen LogP contribution in [-0.4, -0.2) is 47.9 Å². The highest BCUT2D eigenvalue weighted by Gasteiger charge is 2.21. The molecule has 9 heteroatoms. The van der Waals surface area contributed by atoms with Crippen molar-refractivity contribution >= 4 is 20.7 Å². The van der Waals surface area contributed by atoms with Gasteiger partial charge in [0.15, 0.2) is 9.84 Å². The van der Waals surface area contributed by atoms with Gasteiger partial charge in [-0.2, -0.15) is 10.2 Å². The van der Waals surface area contributed by atoms with Crippen molar-refractivity contribution in [2.75, 3.05) is 19.5 Å². The maximum atomic E-state index is 11.9.